The van der Waals surface area contributed by atoms with Crippen molar-refractivity contribution < 1.29 is 0 Å². The van der Waals surface area contributed by atoms with Crippen LogP contribution in [-0.2, 0) is 0 Å². The first-order valence-electron chi connectivity index (χ1n) is 6.23. The molecule has 90 valence electrons. The van der Waals surface area contributed by atoms with Crippen molar-refractivity contribution in [3.63, 3.8) is 0 Å². The van der Waals surface area contributed by atoms with Gasteiger partial charge in [0.05, 0.1) is 0 Å². The molecule has 0 unspecified atom stereocenters. The smallest absolute Gasteiger partial charge is 0.0487 e. The van der Waals surface area contributed by atoms with Gasteiger partial charge in [-0.25, -0.2) is 0 Å². The van der Waals surface area contributed by atoms with Crippen molar-refractivity contribution in [3.05, 3.63) is 33.9 Å². The highest BCUT2D eigenvalue weighted by Gasteiger charge is 2.19. The summed E-state index contributed by atoms with van der Waals surface area (Å²) in [4.78, 5) is 3.44. The van der Waals surface area contributed by atoms with E-state index >= 15 is 0 Å². The fraction of sp³-hybridized carbons (Fsp3) is 0.429. The summed E-state index contributed by atoms with van der Waals surface area (Å²) in [7, 11) is 0. The van der Waals surface area contributed by atoms with E-state index in [1.54, 1.807) is 0 Å². The van der Waals surface area contributed by atoms with Crippen LogP contribution in [0.1, 0.15) is 29.9 Å². The topological polar surface area (TPSA) is 27.8 Å². The fourth-order valence-electron chi connectivity index (χ4n) is 2.86. The molecule has 2 aromatic rings. The quantitative estimate of drug-likeness (QED) is 0.824. The van der Waals surface area contributed by atoms with E-state index in [1.165, 1.54) is 39.3 Å². The van der Waals surface area contributed by atoms with Crippen molar-refractivity contribution in [2.45, 2.75) is 25.7 Å². The number of hydrogen-bond acceptors (Lipinski definition) is 1. The van der Waals surface area contributed by atoms with Gasteiger partial charge in [-0.05, 0) is 62.0 Å². The molecule has 0 bridgehead atoms. The maximum absolute atomic E-state index is 3.60. The number of aromatic nitrogens is 1. The van der Waals surface area contributed by atoms with Crippen molar-refractivity contribution >= 4 is 26.8 Å². The molecule has 2 N–H and O–H groups in total. The van der Waals surface area contributed by atoms with Gasteiger partial charge >= 0.3 is 0 Å². The molecule has 1 aliphatic heterocycles. The van der Waals surface area contributed by atoms with Crippen molar-refractivity contribution in [1.29, 1.82) is 0 Å². The van der Waals surface area contributed by atoms with E-state index in [9.17, 15) is 0 Å². The predicted octanol–water partition coefficient (Wildman–Crippen LogP) is 3.71. The number of halogens is 1. The lowest BCUT2D eigenvalue weighted by Crippen LogP contribution is -2.26. The molecule has 3 rings (SSSR count). The minimum absolute atomic E-state index is 0.707. The highest BCUT2D eigenvalue weighted by molar-refractivity contribution is 9.10. The van der Waals surface area contributed by atoms with Gasteiger partial charge < -0.3 is 10.3 Å². The van der Waals surface area contributed by atoms with Crippen LogP contribution in [0.15, 0.2) is 22.8 Å². The largest absolute Gasteiger partial charge is 0.361 e. The lowest BCUT2D eigenvalue weighted by atomic mass is 9.90. The van der Waals surface area contributed by atoms with Gasteiger partial charge in [-0.1, -0.05) is 15.9 Å². The zero-order chi connectivity index (χ0) is 11.8. The molecule has 1 fully saturated rings. The maximum atomic E-state index is 3.60. The van der Waals surface area contributed by atoms with Gasteiger partial charge in [0.2, 0.25) is 0 Å². The highest BCUT2D eigenvalue weighted by Crippen LogP contribution is 2.34. The summed E-state index contributed by atoms with van der Waals surface area (Å²) < 4.78 is 1.18. The lowest BCUT2D eigenvalue weighted by Gasteiger charge is -2.22. The first kappa shape index (κ1) is 11.3. The van der Waals surface area contributed by atoms with Gasteiger partial charge in [0.25, 0.3) is 0 Å². The second kappa shape index (κ2) is 4.46. The van der Waals surface area contributed by atoms with Crippen molar-refractivity contribution in [1.82, 2.24) is 10.3 Å². The van der Waals surface area contributed by atoms with Crippen LogP contribution < -0.4 is 5.32 Å². The molecule has 1 aliphatic rings. The van der Waals surface area contributed by atoms with E-state index < -0.39 is 0 Å². The second-order valence-corrected chi connectivity index (χ2v) is 5.83. The average Bonchev–Trinajstić information content (AvgIpc) is 2.74. The van der Waals surface area contributed by atoms with Crippen LogP contribution in [0.4, 0.5) is 0 Å². The molecule has 0 saturated carbocycles. The van der Waals surface area contributed by atoms with Crippen LogP contribution in [0.2, 0.25) is 0 Å². The Bertz CT molecular complexity index is 538. The number of benzene rings is 1. The van der Waals surface area contributed by atoms with E-state index in [0.717, 1.165) is 13.1 Å². The molecular formula is C14H17BrN2. The molecule has 2 heterocycles. The predicted molar refractivity (Wildman–Crippen MR) is 75.6 cm³/mol. The zero-order valence-electron chi connectivity index (χ0n) is 10.0. The molecule has 0 amide bonds. The van der Waals surface area contributed by atoms with Crippen LogP contribution in [0, 0.1) is 6.92 Å². The Morgan fingerprint density at radius 1 is 1.24 bits per heavy atom. The van der Waals surface area contributed by atoms with Gasteiger partial charge in [-0.15, -0.1) is 0 Å². The summed E-state index contributed by atoms with van der Waals surface area (Å²) in [5.41, 5.74) is 4.10. The summed E-state index contributed by atoms with van der Waals surface area (Å²) >= 11 is 3.60. The van der Waals surface area contributed by atoms with Crippen molar-refractivity contribution in [2.75, 3.05) is 13.1 Å². The Labute approximate surface area is 110 Å². The van der Waals surface area contributed by atoms with E-state index in [1.807, 2.05) is 0 Å². The molecule has 1 saturated heterocycles. The third kappa shape index (κ3) is 2.02. The number of piperidine rings is 1. The Kier molecular flexibility index (Phi) is 2.97. The first-order valence-corrected chi connectivity index (χ1v) is 7.03. The minimum atomic E-state index is 0.707. The zero-order valence-corrected chi connectivity index (χ0v) is 11.6. The van der Waals surface area contributed by atoms with E-state index in [0.29, 0.717) is 5.92 Å². The van der Waals surface area contributed by atoms with Crippen LogP contribution in [0.5, 0.6) is 0 Å². The van der Waals surface area contributed by atoms with Gasteiger partial charge in [0, 0.05) is 21.6 Å². The number of aromatic amines is 1. The van der Waals surface area contributed by atoms with Crippen LogP contribution >= 0.6 is 15.9 Å². The van der Waals surface area contributed by atoms with Crippen LogP contribution in [-0.4, -0.2) is 18.1 Å². The number of aryl methyl sites for hydroxylation is 1. The Morgan fingerprint density at radius 2 is 2.00 bits per heavy atom. The van der Waals surface area contributed by atoms with Crippen LogP contribution in [0.3, 0.4) is 0 Å². The normalized spacial score (nSPS) is 17.8. The lowest BCUT2D eigenvalue weighted by molar-refractivity contribution is 0.462. The summed E-state index contributed by atoms with van der Waals surface area (Å²) in [6, 6.07) is 4.42. The van der Waals surface area contributed by atoms with Crippen molar-refractivity contribution in [2.24, 2.45) is 0 Å². The molecule has 3 heteroatoms. The second-order valence-electron chi connectivity index (χ2n) is 4.91. The molecule has 0 aliphatic carbocycles. The highest BCUT2D eigenvalue weighted by atomic mass is 79.9. The molecule has 0 spiro atoms. The number of rotatable bonds is 1. The van der Waals surface area contributed by atoms with Gasteiger partial charge in [0.1, 0.15) is 0 Å². The number of nitrogens with one attached hydrogen (secondary N) is 2. The monoisotopic (exact) mass is 292 g/mol. The summed E-state index contributed by atoms with van der Waals surface area (Å²) in [5.74, 6) is 0.707. The Morgan fingerprint density at radius 3 is 2.76 bits per heavy atom. The van der Waals surface area contributed by atoms with Gasteiger partial charge in [-0.3, -0.25) is 0 Å². The molecule has 17 heavy (non-hydrogen) atoms. The van der Waals surface area contributed by atoms with E-state index in [2.05, 4.69) is 51.5 Å². The number of hydrogen-bond donors (Lipinski definition) is 2. The molecule has 1 aromatic carbocycles. The first-order chi connectivity index (χ1) is 8.25. The number of H-pyrrole nitrogens is 1. The van der Waals surface area contributed by atoms with Crippen LogP contribution in [0.25, 0.3) is 10.9 Å². The van der Waals surface area contributed by atoms with Gasteiger partial charge in [0.15, 0.2) is 0 Å². The summed E-state index contributed by atoms with van der Waals surface area (Å²) in [6.45, 7) is 4.45. The Balaban J connectivity index is 2.10. The SMILES string of the molecule is Cc1cc(Br)cc2c(C3CCNCC3)c[nH]c12. The Hall–Kier alpha value is -0.800. The maximum Gasteiger partial charge on any atom is 0.0487 e. The van der Waals surface area contributed by atoms with E-state index in [4.69, 9.17) is 0 Å². The standard InChI is InChI=1S/C14H17BrN2/c1-9-6-11(15)7-12-13(8-17-14(9)12)10-2-4-16-5-3-10/h6-8,10,16-17H,2-5H2,1H3. The third-order valence-corrected chi connectivity index (χ3v) is 4.22. The summed E-state index contributed by atoms with van der Waals surface area (Å²) in [6.07, 6.45) is 4.71. The average molecular weight is 293 g/mol. The van der Waals surface area contributed by atoms with E-state index in [-0.39, 0.29) is 0 Å². The molecule has 0 atom stereocenters. The molecule has 0 radical (unpaired) electrons. The van der Waals surface area contributed by atoms with Gasteiger partial charge in [-0.2, -0.15) is 0 Å². The van der Waals surface area contributed by atoms with Crippen molar-refractivity contribution in [3.8, 4) is 0 Å². The minimum Gasteiger partial charge on any atom is -0.361 e. The molecular weight excluding hydrogens is 276 g/mol. The number of fused-ring (bicyclic) bond motifs is 1. The third-order valence-electron chi connectivity index (χ3n) is 3.76. The summed E-state index contributed by atoms with van der Waals surface area (Å²) in [5, 5.41) is 4.82. The molecule has 1 aromatic heterocycles. The fourth-order valence-corrected chi connectivity index (χ4v) is 3.43. The molecule has 2 nitrogen and oxygen atoms in total.